The molecule has 0 bridgehead atoms. The maximum absolute atomic E-state index is 13.2. The number of aldehydes is 1. The van der Waals surface area contributed by atoms with Crippen LogP contribution in [0.25, 0.3) is 10.4 Å². The molecular weight excluding hydrogens is 466 g/mol. The Kier molecular flexibility index (Phi) is 7.33. The van der Waals surface area contributed by atoms with Gasteiger partial charge < -0.3 is 10.1 Å². The normalized spacial score (nSPS) is 12.6. The van der Waals surface area contributed by atoms with Crippen LogP contribution in [0.2, 0.25) is 0 Å². The number of carbonyl (C=O) groups is 2. The summed E-state index contributed by atoms with van der Waals surface area (Å²) >= 11 is 1.52. The molecule has 0 spiro atoms. The second-order valence-corrected chi connectivity index (χ2v) is 9.20. The molecule has 4 heterocycles. The van der Waals surface area contributed by atoms with Gasteiger partial charge in [0.1, 0.15) is 23.4 Å². The second kappa shape index (κ2) is 10.6. The maximum atomic E-state index is 13.2. The Labute approximate surface area is 207 Å². The van der Waals surface area contributed by atoms with Gasteiger partial charge in [-0.3, -0.25) is 15.0 Å². The highest BCUT2D eigenvalue weighted by Crippen LogP contribution is 2.36. The molecule has 11 heteroatoms. The highest BCUT2D eigenvalue weighted by Gasteiger charge is 2.27. The molecule has 4 rings (SSSR count). The van der Waals surface area contributed by atoms with Gasteiger partial charge in [-0.1, -0.05) is 0 Å². The van der Waals surface area contributed by atoms with Gasteiger partial charge in [0.05, 0.1) is 33.4 Å². The third kappa shape index (κ3) is 5.13. The summed E-state index contributed by atoms with van der Waals surface area (Å²) in [7, 11) is 1.59. The summed E-state index contributed by atoms with van der Waals surface area (Å²) in [6, 6.07) is 5.23. The van der Waals surface area contributed by atoms with E-state index in [2.05, 4.69) is 31.7 Å². The Balaban J connectivity index is 1.61. The van der Waals surface area contributed by atoms with Crippen molar-refractivity contribution in [3.05, 3.63) is 45.9 Å². The van der Waals surface area contributed by atoms with E-state index in [4.69, 9.17) is 4.74 Å². The Bertz CT molecular complexity index is 1320. The summed E-state index contributed by atoms with van der Waals surface area (Å²) in [5.41, 5.74) is 3.67. The number of aryl methyl sites for hydroxylation is 3. The van der Waals surface area contributed by atoms with Crippen LogP contribution in [0.3, 0.4) is 0 Å². The van der Waals surface area contributed by atoms with E-state index in [9.17, 15) is 14.9 Å². The molecular formula is C24H25N7O3S. The monoisotopic (exact) mass is 491 g/mol. The van der Waals surface area contributed by atoms with Gasteiger partial charge in [0.25, 0.3) is 0 Å². The predicted molar refractivity (Wildman–Crippen MR) is 134 cm³/mol. The zero-order chi connectivity index (χ0) is 24.9. The van der Waals surface area contributed by atoms with E-state index in [0.717, 1.165) is 45.8 Å². The van der Waals surface area contributed by atoms with E-state index in [1.807, 2.05) is 19.9 Å². The lowest BCUT2D eigenvalue weighted by Gasteiger charge is -2.29. The second-order valence-electron chi connectivity index (χ2n) is 8.00. The molecule has 0 saturated heterocycles. The van der Waals surface area contributed by atoms with E-state index in [1.54, 1.807) is 13.2 Å². The Hall–Kier alpha value is -3.88. The van der Waals surface area contributed by atoms with Gasteiger partial charge in [0.2, 0.25) is 0 Å². The van der Waals surface area contributed by atoms with Crippen molar-refractivity contribution >= 4 is 41.0 Å². The van der Waals surface area contributed by atoms with Crippen molar-refractivity contribution in [2.75, 3.05) is 42.3 Å². The molecule has 10 nitrogen and oxygen atoms in total. The summed E-state index contributed by atoms with van der Waals surface area (Å²) < 4.78 is 5.04. The van der Waals surface area contributed by atoms with Crippen LogP contribution in [0.5, 0.6) is 0 Å². The Morgan fingerprint density at radius 1 is 1.34 bits per heavy atom. The van der Waals surface area contributed by atoms with Crippen molar-refractivity contribution in [3.8, 4) is 16.5 Å². The zero-order valence-corrected chi connectivity index (χ0v) is 20.5. The van der Waals surface area contributed by atoms with Crippen LogP contribution < -0.4 is 15.5 Å². The smallest absolute Gasteiger partial charge is 0.328 e. The number of aromatic nitrogens is 3. The van der Waals surface area contributed by atoms with Gasteiger partial charge in [-0.25, -0.2) is 19.7 Å². The predicted octanol–water partition coefficient (Wildman–Crippen LogP) is 3.94. The lowest BCUT2D eigenvalue weighted by molar-refractivity contribution is 0.111. The van der Waals surface area contributed by atoms with Gasteiger partial charge in [0.15, 0.2) is 6.29 Å². The van der Waals surface area contributed by atoms with Gasteiger partial charge in [-0.05, 0) is 38.3 Å². The molecule has 0 fully saturated rings. The number of rotatable bonds is 7. The maximum Gasteiger partial charge on any atom is 0.328 e. The number of nitriles is 1. The minimum Gasteiger partial charge on any atom is -0.383 e. The number of hydrogen-bond acceptors (Lipinski definition) is 9. The van der Waals surface area contributed by atoms with Crippen molar-refractivity contribution in [1.29, 1.82) is 5.26 Å². The lowest BCUT2D eigenvalue weighted by Crippen LogP contribution is -2.39. The first kappa shape index (κ1) is 24.3. The minimum atomic E-state index is -0.409. The van der Waals surface area contributed by atoms with Crippen LogP contribution in [-0.4, -0.2) is 54.1 Å². The van der Waals surface area contributed by atoms with E-state index in [1.165, 1.54) is 22.4 Å². The van der Waals surface area contributed by atoms with Gasteiger partial charge >= 0.3 is 6.03 Å². The van der Waals surface area contributed by atoms with Crippen molar-refractivity contribution < 1.29 is 14.3 Å². The first-order valence-corrected chi connectivity index (χ1v) is 11.9. The molecule has 0 aromatic carbocycles. The number of urea groups is 1. The number of hydrogen-bond donors (Lipinski definition) is 2. The third-order valence-electron chi connectivity index (χ3n) is 5.58. The largest absolute Gasteiger partial charge is 0.383 e. The highest BCUT2D eigenvalue weighted by molar-refractivity contribution is 7.15. The molecule has 180 valence electrons. The standard InChI is InChI=1S/C24H25N7O3S/c1-14-22(35-15(2)28-14)18-9-16-5-4-7-31(23(16)29-20(18)13-32)24(33)30-21-10-19(26-6-8-34-3)17(11-25)12-27-21/h9-10,12-13H,4-8H2,1-3H3,(H2,26,27,30,33). The van der Waals surface area contributed by atoms with Crippen LogP contribution in [-0.2, 0) is 11.2 Å². The van der Waals surface area contributed by atoms with E-state index >= 15 is 0 Å². The molecule has 3 aromatic rings. The van der Waals surface area contributed by atoms with Crippen LogP contribution in [0.4, 0.5) is 22.1 Å². The summed E-state index contributed by atoms with van der Waals surface area (Å²) in [6.45, 7) is 5.26. The van der Waals surface area contributed by atoms with Crippen molar-refractivity contribution in [2.24, 2.45) is 0 Å². The minimum absolute atomic E-state index is 0.274. The Morgan fingerprint density at radius 3 is 2.86 bits per heavy atom. The van der Waals surface area contributed by atoms with Gasteiger partial charge in [0, 0.05) is 38.0 Å². The number of ether oxygens (including phenoxy) is 1. The highest BCUT2D eigenvalue weighted by atomic mass is 32.1. The number of methoxy groups -OCH3 is 1. The van der Waals surface area contributed by atoms with E-state index < -0.39 is 6.03 Å². The summed E-state index contributed by atoms with van der Waals surface area (Å²) in [5.74, 6) is 0.759. The molecule has 3 aromatic heterocycles. The number of carbonyl (C=O) groups excluding carboxylic acids is 2. The number of nitrogens with zero attached hydrogens (tertiary/aromatic N) is 5. The topological polar surface area (TPSA) is 133 Å². The summed E-state index contributed by atoms with van der Waals surface area (Å²) in [6.07, 6.45) is 3.63. The molecule has 2 amide bonds. The van der Waals surface area contributed by atoms with E-state index in [0.29, 0.717) is 42.6 Å². The zero-order valence-electron chi connectivity index (χ0n) is 19.7. The molecule has 0 radical (unpaired) electrons. The number of anilines is 3. The first-order chi connectivity index (χ1) is 16.9. The number of nitrogens with one attached hydrogen (secondary N) is 2. The summed E-state index contributed by atoms with van der Waals surface area (Å²) in [5, 5.41) is 16.2. The molecule has 0 saturated carbocycles. The fourth-order valence-electron chi connectivity index (χ4n) is 3.98. The summed E-state index contributed by atoms with van der Waals surface area (Å²) in [4.78, 5) is 40.8. The van der Waals surface area contributed by atoms with Crippen LogP contribution in [0.15, 0.2) is 18.3 Å². The number of thiazole rings is 1. The third-order valence-corrected chi connectivity index (χ3v) is 6.68. The molecule has 0 atom stereocenters. The Morgan fingerprint density at radius 2 is 2.17 bits per heavy atom. The van der Waals surface area contributed by atoms with Crippen LogP contribution in [0.1, 0.15) is 38.7 Å². The first-order valence-electron chi connectivity index (χ1n) is 11.1. The number of amides is 2. The molecule has 35 heavy (non-hydrogen) atoms. The quantitative estimate of drug-likeness (QED) is 0.375. The average Bonchev–Trinajstić information content (AvgIpc) is 3.20. The molecule has 0 unspecified atom stereocenters. The van der Waals surface area contributed by atoms with Gasteiger partial charge in [-0.2, -0.15) is 5.26 Å². The van der Waals surface area contributed by atoms with Crippen molar-refractivity contribution in [3.63, 3.8) is 0 Å². The van der Waals surface area contributed by atoms with Crippen molar-refractivity contribution in [1.82, 2.24) is 15.0 Å². The molecule has 0 aliphatic carbocycles. The van der Waals surface area contributed by atoms with Crippen LogP contribution >= 0.6 is 11.3 Å². The number of pyridine rings is 2. The molecule has 1 aliphatic rings. The molecule has 1 aliphatic heterocycles. The van der Waals surface area contributed by atoms with Crippen LogP contribution in [0, 0.1) is 25.2 Å². The average molecular weight is 492 g/mol. The van der Waals surface area contributed by atoms with E-state index in [-0.39, 0.29) is 5.69 Å². The SMILES string of the molecule is COCCNc1cc(NC(=O)N2CCCc3cc(-c4sc(C)nc4C)c(C=O)nc32)ncc1C#N. The fourth-order valence-corrected chi connectivity index (χ4v) is 4.93. The number of fused-ring (bicyclic) bond motifs is 1. The molecule has 2 N–H and O–H groups in total. The fraction of sp³-hybridized carbons (Fsp3) is 0.333. The van der Waals surface area contributed by atoms with Gasteiger partial charge in [-0.15, -0.1) is 11.3 Å². The lowest BCUT2D eigenvalue weighted by atomic mass is 10.0. The van der Waals surface area contributed by atoms with Crippen molar-refractivity contribution in [2.45, 2.75) is 26.7 Å².